The second kappa shape index (κ2) is 13.8. The zero-order valence-electron chi connectivity index (χ0n) is 20.2. The molecule has 7 nitrogen and oxygen atoms in total. The minimum Gasteiger partial charge on any atom is -0.489 e. The summed E-state index contributed by atoms with van der Waals surface area (Å²) >= 11 is 7.95. The van der Waals surface area contributed by atoms with Gasteiger partial charge >= 0.3 is 14.4 Å². The highest BCUT2D eigenvalue weighted by atomic mass is 35.5. The summed E-state index contributed by atoms with van der Waals surface area (Å²) in [5, 5.41) is 20.0. The van der Waals surface area contributed by atoms with Crippen molar-refractivity contribution in [3.63, 3.8) is 0 Å². The van der Waals surface area contributed by atoms with E-state index in [4.69, 9.17) is 27.0 Å². The second-order valence-electron chi connectivity index (χ2n) is 8.64. The Labute approximate surface area is 229 Å². The normalized spacial score (nSPS) is 14.6. The summed E-state index contributed by atoms with van der Waals surface area (Å²) in [4.78, 5) is 10.4. The van der Waals surface area contributed by atoms with E-state index >= 15 is 0 Å². The van der Waals surface area contributed by atoms with E-state index in [1.807, 2.05) is 66.7 Å². The summed E-state index contributed by atoms with van der Waals surface area (Å²) in [7, 11) is -3.69. The van der Waals surface area contributed by atoms with Crippen LogP contribution in [-0.4, -0.2) is 39.5 Å². The number of nitrogens with two attached hydrogens (primary N) is 1. The number of hydrogen-bond donors (Lipinski definition) is 4. The Morgan fingerprint density at radius 1 is 1.05 bits per heavy atom. The summed E-state index contributed by atoms with van der Waals surface area (Å²) in [5.41, 5.74) is 5.43. The summed E-state index contributed by atoms with van der Waals surface area (Å²) in [6.07, 6.45) is -6.82. The molecule has 0 radical (unpaired) electrons. The molecule has 204 valence electrons. The minimum absolute atomic E-state index is 0.197. The molecule has 38 heavy (non-hydrogen) atoms. The molecular weight excluding hydrogens is 559 g/mol. The molecule has 0 saturated carbocycles. The monoisotopic (exact) mass is 586 g/mol. The van der Waals surface area contributed by atoms with E-state index in [1.165, 1.54) is 11.8 Å². The first-order chi connectivity index (χ1) is 18.0. The van der Waals surface area contributed by atoms with Gasteiger partial charge in [-0.2, -0.15) is 8.78 Å². The quantitative estimate of drug-likeness (QED) is 0.177. The SMILES string of the molecule is NC(CO)(CCCc1ccc(Sc2cccc(OCc3ccccc3)c2)cc1Cl)C(O)C(F)(F)O[P+](=O)O. The van der Waals surface area contributed by atoms with Gasteiger partial charge in [0.1, 0.15) is 12.4 Å². The number of halogens is 3. The topological polar surface area (TPSA) is 122 Å². The van der Waals surface area contributed by atoms with Gasteiger partial charge in [-0.15, -0.1) is 4.89 Å². The number of aliphatic hydroxyl groups excluding tert-OH is 2. The highest BCUT2D eigenvalue weighted by Crippen LogP contribution is 2.37. The predicted octanol–water partition coefficient (Wildman–Crippen LogP) is 5.70. The van der Waals surface area contributed by atoms with Crippen molar-refractivity contribution in [1.82, 2.24) is 0 Å². The van der Waals surface area contributed by atoms with Crippen molar-refractivity contribution in [3.05, 3.63) is 88.9 Å². The molecule has 0 heterocycles. The largest absolute Gasteiger partial charge is 0.701 e. The number of ether oxygens (including phenoxy) is 1. The van der Waals surface area contributed by atoms with Crippen LogP contribution in [0.2, 0.25) is 5.02 Å². The molecule has 0 amide bonds. The highest BCUT2D eigenvalue weighted by Gasteiger charge is 2.56. The van der Waals surface area contributed by atoms with Crippen LogP contribution in [0.25, 0.3) is 0 Å². The van der Waals surface area contributed by atoms with Crippen molar-refractivity contribution in [3.8, 4) is 5.75 Å². The van der Waals surface area contributed by atoms with E-state index in [2.05, 4.69) is 4.52 Å². The van der Waals surface area contributed by atoms with Crippen LogP contribution >= 0.6 is 31.6 Å². The number of benzene rings is 3. The van der Waals surface area contributed by atoms with Gasteiger partial charge in [-0.1, -0.05) is 65.8 Å². The van der Waals surface area contributed by atoms with Crippen molar-refractivity contribution in [2.45, 2.75) is 53.4 Å². The molecule has 5 N–H and O–H groups in total. The molecule has 3 aromatic carbocycles. The van der Waals surface area contributed by atoms with Gasteiger partial charge in [-0.25, -0.2) is 0 Å². The van der Waals surface area contributed by atoms with E-state index in [-0.39, 0.29) is 12.8 Å². The van der Waals surface area contributed by atoms with Gasteiger partial charge in [-0.3, -0.25) is 0 Å². The average Bonchev–Trinajstić information content (AvgIpc) is 2.88. The fourth-order valence-electron chi connectivity index (χ4n) is 3.70. The lowest BCUT2D eigenvalue weighted by Gasteiger charge is -2.34. The smallest absolute Gasteiger partial charge is 0.489 e. The van der Waals surface area contributed by atoms with E-state index in [1.54, 1.807) is 6.07 Å². The number of rotatable bonds is 14. The molecule has 3 rings (SSSR count). The summed E-state index contributed by atoms with van der Waals surface area (Å²) < 4.78 is 47.9. The van der Waals surface area contributed by atoms with Gasteiger partial charge in [0.15, 0.2) is 6.10 Å². The van der Waals surface area contributed by atoms with E-state index < -0.39 is 32.6 Å². The van der Waals surface area contributed by atoms with Crippen molar-refractivity contribution in [1.29, 1.82) is 0 Å². The van der Waals surface area contributed by atoms with Crippen LogP contribution in [0.1, 0.15) is 24.0 Å². The maximum atomic E-state index is 13.9. The first-order valence-corrected chi connectivity index (χ1v) is 13.9. The maximum Gasteiger partial charge on any atom is 0.701 e. The molecule has 0 aromatic heterocycles. The Kier molecular flexibility index (Phi) is 11.0. The third kappa shape index (κ3) is 8.69. The van der Waals surface area contributed by atoms with Crippen LogP contribution in [0, 0.1) is 0 Å². The van der Waals surface area contributed by atoms with E-state index in [9.17, 15) is 23.6 Å². The first-order valence-electron chi connectivity index (χ1n) is 11.6. The molecule has 3 atom stereocenters. The highest BCUT2D eigenvalue weighted by molar-refractivity contribution is 7.99. The van der Waals surface area contributed by atoms with Crippen LogP contribution in [0.3, 0.4) is 0 Å². The Morgan fingerprint density at radius 2 is 1.76 bits per heavy atom. The molecule has 0 aliphatic carbocycles. The van der Waals surface area contributed by atoms with E-state index in [0.717, 1.165) is 26.7 Å². The summed E-state index contributed by atoms with van der Waals surface area (Å²) in [6.45, 7) is -0.536. The number of alkyl halides is 2. The predicted molar refractivity (Wildman–Crippen MR) is 142 cm³/mol. The van der Waals surface area contributed by atoms with Crippen LogP contribution < -0.4 is 10.5 Å². The fourth-order valence-corrected chi connectivity index (χ4v) is 5.25. The molecule has 0 aliphatic rings. The zero-order chi connectivity index (χ0) is 27.8. The molecular formula is C26H28ClF2NO6PS+. The van der Waals surface area contributed by atoms with Gasteiger partial charge in [0.05, 0.1) is 12.1 Å². The Bertz CT molecular complexity index is 1230. The van der Waals surface area contributed by atoms with Crippen molar-refractivity contribution in [2.75, 3.05) is 6.61 Å². The third-order valence-electron chi connectivity index (χ3n) is 5.76. The Hall–Kier alpha value is -2.14. The lowest BCUT2D eigenvalue weighted by molar-refractivity contribution is -0.259. The maximum absolute atomic E-state index is 13.9. The van der Waals surface area contributed by atoms with Crippen molar-refractivity contribution >= 4 is 31.6 Å². The van der Waals surface area contributed by atoms with Crippen LogP contribution in [0.4, 0.5) is 8.78 Å². The average molecular weight is 587 g/mol. The van der Waals surface area contributed by atoms with Gasteiger partial charge in [-0.05, 0) is 65.2 Å². The minimum atomic E-state index is -4.42. The van der Waals surface area contributed by atoms with E-state index in [0.29, 0.717) is 18.1 Å². The molecule has 0 bridgehead atoms. The molecule has 0 fully saturated rings. The van der Waals surface area contributed by atoms with Gasteiger partial charge in [0, 0.05) is 19.4 Å². The fraction of sp³-hybridized carbons (Fsp3) is 0.308. The van der Waals surface area contributed by atoms with Gasteiger partial charge in [0.25, 0.3) is 0 Å². The molecule has 3 aromatic rings. The molecule has 12 heteroatoms. The van der Waals surface area contributed by atoms with Crippen LogP contribution in [-0.2, 0) is 22.1 Å². The molecule has 0 spiro atoms. The second-order valence-corrected chi connectivity index (χ2v) is 10.9. The van der Waals surface area contributed by atoms with Crippen LogP contribution in [0.15, 0.2) is 82.6 Å². The molecule has 0 aliphatic heterocycles. The Morgan fingerprint density at radius 3 is 2.42 bits per heavy atom. The summed E-state index contributed by atoms with van der Waals surface area (Å²) in [6, 6.07) is 23.0. The lowest BCUT2D eigenvalue weighted by atomic mass is 9.87. The lowest BCUT2D eigenvalue weighted by Crippen LogP contribution is -2.61. The standard InChI is InChI=1S/C26H27ClF2NO6PS/c27-23-15-22(38-21-10-4-9-20(14-21)35-16-18-6-2-1-3-7-18)12-11-19(23)8-5-13-25(30,17-31)24(32)26(28,29)36-37(33)34/h1-4,6-7,9-12,14-15,24,31-32H,5,8,13,16-17,30H2/p+1. The van der Waals surface area contributed by atoms with Gasteiger partial charge < -0.3 is 20.7 Å². The number of hydrogen-bond acceptors (Lipinski definition) is 7. The van der Waals surface area contributed by atoms with Crippen LogP contribution in [0.5, 0.6) is 5.75 Å². The number of aryl methyl sites for hydroxylation is 1. The Balaban J connectivity index is 1.57. The van der Waals surface area contributed by atoms with Gasteiger partial charge in [0.2, 0.25) is 0 Å². The summed E-state index contributed by atoms with van der Waals surface area (Å²) in [5.74, 6) is 0.736. The molecule has 0 saturated heterocycles. The molecule has 3 unspecified atom stereocenters. The number of aliphatic hydroxyl groups is 2. The van der Waals surface area contributed by atoms with Crippen molar-refractivity contribution in [2.24, 2.45) is 5.73 Å². The van der Waals surface area contributed by atoms with Crippen molar-refractivity contribution < 1.29 is 37.7 Å². The zero-order valence-corrected chi connectivity index (χ0v) is 22.6. The first kappa shape index (κ1) is 30.4. The third-order valence-corrected chi connectivity index (χ3v) is 7.49.